The first-order valence-electron chi connectivity index (χ1n) is 9.95. The number of methoxy groups -OCH3 is 2. The first kappa shape index (κ1) is 20.5. The Balaban J connectivity index is 1.79. The number of Topliss-reactive ketones (excluding diaryl/α,β-unsaturated/α-hetero) is 1. The van der Waals surface area contributed by atoms with Crippen LogP contribution in [0.2, 0.25) is 0 Å². The van der Waals surface area contributed by atoms with Gasteiger partial charge in [0.25, 0.3) is 0 Å². The molecule has 0 saturated carbocycles. The zero-order chi connectivity index (χ0) is 22.0. The number of hydrogen-bond donors (Lipinski definition) is 1. The molecule has 0 radical (unpaired) electrons. The van der Waals surface area contributed by atoms with Gasteiger partial charge in [0.1, 0.15) is 6.61 Å². The van der Waals surface area contributed by atoms with E-state index in [2.05, 4.69) is 0 Å². The minimum Gasteiger partial charge on any atom is -0.493 e. The third kappa shape index (κ3) is 3.84. The summed E-state index contributed by atoms with van der Waals surface area (Å²) in [7, 11) is 3.12. The van der Waals surface area contributed by atoms with Gasteiger partial charge in [-0.15, -0.1) is 0 Å². The van der Waals surface area contributed by atoms with Crippen molar-refractivity contribution in [3.8, 4) is 28.4 Å². The van der Waals surface area contributed by atoms with E-state index in [1.807, 2.05) is 36.4 Å². The van der Waals surface area contributed by atoms with Gasteiger partial charge in [0, 0.05) is 23.1 Å². The summed E-state index contributed by atoms with van der Waals surface area (Å²) < 4.78 is 17.3. The Bertz CT molecular complexity index is 1170. The lowest BCUT2D eigenvalue weighted by molar-refractivity contribution is 0.0988. The number of hydrogen-bond acceptors (Lipinski definition) is 5. The molecule has 3 aromatic carbocycles. The first-order valence-corrected chi connectivity index (χ1v) is 9.95. The molecule has 0 bridgehead atoms. The maximum atomic E-state index is 12.2. The summed E-state index contributed by atoms with van der Waals surface area (Å²) in [6.45, 7) is 0.200. The lowest BCUT2D eigenvalue weighted by Gasteiger charge is -2.19. The summed E-state index contributed by atoms with van der Waals surface area (Å²) in [6.07, 6.45) is 1.20. The van der Waals surface area contributed by atoms with Crippen molar-refractivity contribution in [2.45, 2.75) is 19.4 Å². The lowest BCUT2D eigenvalue weighted by atomic mass is 9.95. The topological polar surface area (TPSA) is 87.9 Å². The number of benzene rings is 3. The van der Waals surface area contributed by atoms with E-state index in [-0.39, 0.29) is 12.4 Å². The Hall–Kier alpha value is -3.80. The predicted molar refractivity (Wildman–Crippen MR) is 117 cm³/mol. The minimum absolute atomic E-state index is 0.156. The fourth-order valence-electron chi connectivity index (χ4n) is 3.97. The summed E-state index contributed by atoms with van der Waals surface area (Å²) in [6, 6.07) is 16.5. The normalized spacial score (nSPS) is 12.4. The van der Waals surface area contributed by atoms with E-state index in [0.717, 1.165) is 27.8 Å². The molecule has 0 fully saturated rings. The van der Waals surface area contributed by atoms with Crippen LogP contribution in [0.4, 0.5) is 0 Å². The van der Waals surface area contributed by atoms with Crippen LogP contribution in [-0.2, 0) is 13.0 Å². The third-order valence-corrected chi connectivity index (χ3v) is 5.46. The second-order valence-electron chi connectivity index (χ2n) is 7.29. The highest BCUT2D eigenvalue weighted by Gasteiger charge is 2.26. The van der Waals surface area contributed by atoms with Gasteiger partial charge in [0.2, 0.25) is 11.7 Å². The summed E-state index contributed by atoms with van der Waals surface area (Å²) in [5, 5.41) is 0. The number of ketones is 1. The SMILES string of the molecule is COc1ccc(-c2cccc3c2CCC3=O)c(OCc2cccc(C(N)=O)c2)c1OC. The maximum absolute atomic E-state index is 12.2. The molecular weight excluding hydrogens is 394 g/mol. The second kappa shape index (κ2) is 8.52. The minimum atomic E-state index is -0.494. The smallest absolute Gasteiger partial charge is 0.248 e. The van der Waals surface area contributed by atoms with Crippen LogP contribution in [0.25, 0.3) is 11.1 Å². The van der Waals surface area contributed by atoms with E-state index in [0.29, 0.717) is 35.7 Å². The number of rotatable bonds is 7. The number of primary amides is 1. The summed E-state index contributed by atoms with van der Waals surface area (Å²) in [5.41, 5.74) is 10.1. The van der Waals surface area contributed by atoms with Gasteiger partial charge in [0.05, 0.1) is 14.2 Å². The molecule has 1 aliphatic carbocycles. The molecular formula is C25H23NO5. The highest BCUT2D eigenvalue weighted by Crippen LogP contribution is 2.46. The largest absolute Gasteiger partial charge is 0.493 e. The standard InChI is InChI=1S/C25H23NO5/c1-29-22-12-10-20(17-7-4-8-19-18(17)9-11-21(19)27)23(24(22)30-2)31-14-15-5-3-6-16(13-15)25(26)28/h3-8,10,12-13H,9,11,14H2,1-2H3,(H2,26,28). The number of amides is 1. The molecule has 0 spiro atoms. The van der Waals surface area contributed by atoms with Gasteiger partial charge in [-0.3, -0.25) is 9.59 Å². The molecule has 6 nitrogen and oxygen atoms in total. The van der Waals surface area contributed by atoms with Gasteiger partial charge in [-0.1, -0.05) is 30.3 Å². The van der Waals surface area contributed by atoms with Crippen molar-refractivity contribution in [2.75, 3.05) is 14.2 Å². The van der Waals surface area contributed by atoms with Crippen molar-refractivity contribution >= 4 is 11.7 Å². The average molecular weight is 417 g/mol. The van der Waals surface area contributed by atoms with Crippen molar-refractivity contribution < 1.29 is 23.8 Å². The molecule has 31 heavy (non-hydrogen) atoms. The van der Waals surface area contributed by atoms with Crippen molar-refractivity contribution in [3.63, 3.8) is 0 Å². The van der Waals surface area contributed by atoms with Crippen LogP contribution >= 0.6 is 0 Å². The van der Waals surface area contributed by atoms with Crippen molar-refractivity contribution in [1.29, 1.82) is 0 Å². The molecule has 0 heterocycles. The maximum Gasteiger partial charge on any atom is 0.248 e. The van der Waals surface area contributed by atoms with E-state index in [1.54, 1.807) is 32.4 Å². The molecule has 0 saturated heterocycles. The fraction of sp³-hybridized carbons (Fsp3) is 0.200. The van der Waals surface area contributed by atoms with Gasteiger partial charge >= 0.3 is 0 Å². The quantitative estimate of drug-likeness (QED) is 0.623. The molecule has 2 N–H and O–H groups in total. The monoisotopic (exact) mass is 417 g/mol. The molecule has 4 rings (SSSR count). The van der Waals surface area contributed by atoms with Crippen molar-refractivity contribution in [1.82, 2.24) is 0 Å². The van der Waals surface area contributed by atoms with Crippen molar-refractivity contribution in [2.24, 2.45) is 5.73 Å². The lowest BCUT2D eigenvalue weighted by Crippen LogP contribution is -2.11. The number of fused-ring (bicyclic) bond motifs is 1. The molecule has 0 atom stereocenters. The van der Waals surface area contributed by atoms with E-state index < -0.39 is 5.91 Å². The van der Waals surface area contributed by atoms with E-state index in [9.17, 15) is 9.59 Å². The van der Waals surface area contributed by atoms with Gasteiger partial charge in [-0.2, -0.15) is 0 Å². The zero-order valence-electron chi connectivity index (χ0n) is 17.4. The highest BCUT2D eigenvalue weighted by atomic mass is 16.5. The molecule has 1 aliphatic rings. The Kier molecular flexibility index (Phi) is 5.62. The van der Waals surface area contributed by atoms with E-state index in [1.165, 1.54) is 0 Å². The van der Waals surface area contributed by atoms with E-state index in [4.69, 9.17) is 19.9 Å². The van der Waals surface area contributed by atoms with Gasteiger partial charge in [-0.25, -0.2) is 0 Å². The Morgan fingerprint density at radius 3 is 2.42 bits per heavy atom. The van der Waals surface area contributed by atoms with Gasteiger partial charge in [0.15, 0.2) is 17.3 Å². The van der Waals surface area contributed by atoms with Crippen LogP contribution in [0.3, 0.4) is 0 Å². The second-order valence-corrected chi connectivity index (χ2v) is 7.29. The predicted octanol–water partition coefficient (Wildman–Crippen LogP) is 4.18. The molecule has 6 heteroatoms. The summed E-state index contributed by atoms with van der Waals surface area (Å²) in [5.74, 6) is 1.18. The molecule has 3 aromatic rings. The van der Waals surface area contributed by atoms with Crippen LogP contribution < -0.4 is 19.9 Å². The number of nitrogens with two attached hydrogens (primary N) is 1. The van der Waals surface area contributed by atoms with Crippen LogP contribution in [0.15, 0.2) is 54.6 Å². The fourth-order valence-corrected chi connectivity index (χ4v) is 3.97. The molecule has 0 aliphatic heterocycles. The highest BCUT2D eigenvalue weighted by molar-refractivity contribution is 6.02. The zero-order valence-corrected chi connectivity index (χ0v) is 17.4. The van der Waals surface area contributed by atoms with Crippen LogP contribution in [-0.4, -0.2) is 25.9 Å². The molecule has 0 unspecified atom stereocenters. The van der Waals surface area contributed by atoms with Gasteiger partial charge < -0.3 is 19.9 Å². The van der Waals surface area contributed by atoms with Gasteiger partial charge in [-0.05, 0) is 47.4 Å². The number of carbonyl (C=O) groups is 2. The first-order chi connectivity index (χ1) is 15.0. The van der Waals surface area contributed by atoms with Crippen LogP contribution in [0.5, 0.6) is 17.2 Å². The average Bonchev–Trinajstić information content (AvgIpc) is 3.18. The number of carbonyl (C=O) groups excluding carboxylic acids is 2. The van der Waals surface area contributed by atoms with Crippen molar-refractivity contribution in [3.05, 3.63) is 76.9 Å². The third-order valence-electron chi connectivity index (χ3n) is 5.46. The summed E-state index contributed by atoms with van der Waals surface area (Å²) >= 11 is 0. The van der Waals surface area contributed by atoms with E-state index >= 15 is 0 Å². The Labute approximate surface area is 180 Å². The Morgan fingerprint density at radius 2 is 1.68 bits per heavy atom. The molecule has 1 amide bonds. The summed E-state index contributed by atoms with van der Waals surface area (Å²) in [4.78, 5) is 23.7. The van der Waals surface area contributed by atoms with Crippen LogP contribution in [0, 0.1) is 0 Å². The number of ether oxygens (including phenoxy) is 3. The molecule has 158 valence electrons. The Morgan fingerprint density at radius 1 is 0.903 bits per heavy atom. The van der Waals surface area contributed by atoms with Crippen LogP contribution in [0.1, 0.15) is 38.3 Å². The molecule has 0 aromatic heterocycles.